The van der Waals surface area contributed by atoms with Crippen molar-refractivity contribution in [3.8, 4) is 0 Å². The molecule has 204 valence electrons. The molecule has 2 amide bonds. The monoisotopic (exact) mass is 532 g/mol. The number of imidazole rings is 1. The van der Waals surface area contributed by atoms with Crippen LogP contribution in [0.4, 0.5) is 0 Å². The lowest BCUT2D eigenvalue weighted by atomic mass is 10.1. The number of nitrogens with zero attached hydrogens (tertiary/aromatic N) is 3. The number of aromatic amines is 1. The molecular weight excluding hydrogens is 500 g/mol. The highest BCUT2D eigenvalue weighted by Gasteiger charge is 2.29. The number of carboxylic acid groups (broad SMARTS) is 1. The molecule has 11 nitrogen and oxygen atoms in total. The topological polar surface area (TPSA) is 151 Å². The fourth-order valence-electron chi connectivity index (χ4n) is 4.08. The van der Waals surface area contributed by atoms with Gasteiger partial charge in [-0.15, -0.1) is 0 Å². The lowest BCUT2D eigenvalue weighted by Gasteiger charge is -2.24. The van der Waals surface area contributed by atoms with Crippen molar-refractivity contribution in [1.29, 1.82) is 0 Å². The van der Waals surface area contributed by atoms with E-state index in [1.165, 1.54) is 12.5 Å². The van der Waals surface area contributed by atoms with E-state index in [1.807, 2.05) is 59.3 Å². The van der Waals surface area contributed by atoms with Crippen molar-refractivity contribution in [1.82, 2.24) is 30.4 Å². The van der Waals surface area contributed by atoms with Crippen LogP contribution in [-0.2, 0) is 38.7 Å². The average molecular weight is 533 g/mol. The molecule has 4 rings (SSSR count). The largest absolute Gasteiger partial charge is 0.480 e. The highest BCUT2D eigenvalue weighted by molar-refractivity contribution is 5.86. The Morgan fingerprint density at radius 2 is 1.85 bits per heavy atom. The van der Waals surface area contributed by atoms with Gasteiger partial charge in [-0.05, 0) is 25.5 Å². The molecule has 2 heterocycles. The van der Waals surface area contributed by atoms with Crippen LogP contribution in [0.15, 0.2) is 67.1 Å². The number of aliphatic carboxylic acids is 1. The normalized spacial score (nSPS) is 12.3. The number of amides is 2. The van der Waals surface area contributed by atoms with E-state index in [0.717, 1.165) is 22.2 Å². The summed E-state index contributed by atoms with van der Waals surface area (Å²) in [7, 11) is 0. The number of nitrogens with one attached hydrogen (secondary N) is 3. The molecule has 0 aliphatic rings. The number of carbonyl (C=O) groups is 3. The molecule has 0 spiro atoms. The van der Waals surface area contributed by atoms with Crippen LogP contribution >= 0.6 is 0 Å². The van der Waals surface area contributed by atoms with Crippen LogP contribution in [-0.4, -0.2) is 60.8 Å². The first-order chi connectivity index (χ1) is 18.7. The van der Waals surface area contributed by atoms with E-state index >= 15 is 0 Å². The van der Waals surface area contributed by atoms with Gasteiger partial charge in [-0.25, -0.2) is 9.78 Å². The summed E-state index contributed by atoms with van der Waals surface area (Å²) in [6.45, 7) is 4.06. The Morgan fingerprint density at radius 3 is 2.56 bits per heavy atom. The van der Waals surface area contributed by atoms with E-state index in [-0.39, 0.29) is 26.0 Å². The number of ether oxygens (including phenoxy) is 1. The number of hydrogen-bond donors (Lipinski definition) is 4. The molecule has 0 saturated heterocycles. The highest BCUT2D eigenvalue weighted by atomic mass is 16.5. The number of aromatic nitrogens is 4. The minimum absolute atomic E-state index is 0.0302. The van der Waals surface area contributed by atoms with Gasteiger partial charge in [-0.2, -0.15) is 5.10 Å². The van der Waals surface area contributed by atoms with Crippen LogP contribution in [0.1, 0.15) is 37.2 Å². The predicted molar refractivity (Wildman–Crippen MR) is 144 cm³/mol. The van der Waals surface area contributed by atoms with Crippen molar-refractivity contribution in [2.75, 3.05) is 6.54 Å². The molecule has 0 bridgehead atoms. The quantitative estimate of drug-likeness (QED) is 0.206. The van der Waals surface area contributed by atoms with Gasteiger partial charge in [0.2, 0.25) is 5.91 Å². The molecule has 11 heteroatoms. The maximum absolute atomic E-state index is 12.8. The van der Waals surface area contributed by atoms with Gasteiger partial charge >= 0.3 is 5.97 Å². The third-order valence-corrected chi connectivity index (χ3v) is 6.28. The molecule has 39 heavy (non-hydrogen) atoms. The first-order valence-corrected chi connectivity index (χ1v) is 12.6. The molecule has 0 aliphatic carbocycles. The van der Waals surface area contributed by atoms with Gasteiger partial charge in [0.1, 0.15) is 11.6 Å². The van der Waals surface area contributed by atoms with E-state index in [1.54, 1.807) is 13.8 Å². The molecule has 2 aromatic heterocycles. The van der Waals surface area contributed by atoms with Gasteiger partial charge in [0.05, 0.1) is 30.7 Å². The molecule has 0 saturated carbocycles. The van der Waals surface area contributed by atoms with Crippen LogP contribution in [0.3, 0.4) is 0 Å². The molecule has 1 unspecified atom stereocenters. The van der Waals surface area contributed by atoms with Crippen molar-refractivity contribution >= 4 is 28.7 Å². The number of carboxylic acids is 1. The second-order valence-corrected chi connectivity index (χ2v) is 9.65. The van der Waals surface area contributed by atoms with Crippen LogP contribution in [0.2, 0.25) is 0 Å². The molecule has 0 aliphatic heterocycles. The Bertz CT molecular complexity index is 1420. The number of carbonyl (C=O) groups excluding carboxylic acids is 2. The third-order valence-electron chi connectivity index (χ3n) is 6.28. The minimum atomic E-state index is -1.19. The molecular formula is C28H32N6O5. The van der Waals surface area contributed by atoms with Crippen molar-refractivity contribution in [2.45, 2.75) is 51.5 Å². The van der Waals surface area contributed by atoms with E-state index in [9.17, 15) is 19.5 Å². The Labute approximate surface area is 225 Å². The smallest absolute Gasteiger partial charge is 0.326 e. The van der Waals surface area contributed by atoms with Crippen LogP contribution in [0.5, 0.6) is 0 Å². The zero-order valence-corrected chi connectivity index (χ0v) is 21.9. The van der Waals surface area contributed by atoms with Crippen LogP contribution in [0, 0.1) is 0 Å². The Morgan fingerprint density at radius 1 is 1.10 bits per heavy atom. The lowest BCUT2D eigenvalue weighted by Crippen LogP contribution is -2.46. The Balaban J connectivity index is 1.30. The highest BCUT2D eigenvalue weighted by Crippen LogP contribution is 2.22. The SMILES string of the molecule is CC(C)(OCc1nn(Cc2ccccc2)c2ccccc12)C(=O)NCCC(=O)NC(Cc1cnc[nH]1)C(=O)O. The molecule has 4 N–H and O–H groups in total. The fraction of sp³-hybridized carbons (Fsp3) is 0.321. The predicted octanol–water partition coefficient (Wildman–Crippen LogP) is 2.42. The summed E-state index contributed by atoms with van der Waals surface area (Å²) in [6.07, 6.45) is 2.93. The number of fused-ring (bicyclic) bond motifs is 1. The lowest BCUT2D eigenvalue weighted by molar-refractivity contribution is -0.144. The summed E-state index contributed by atoms with van der Waals surface area (Å²) in [4.78, 5) is 43.3. The molecule has 1 atom stereocenters. The summed E-state index contributed by atoms with van der Waals surface area (Å²) in [5.74, 6) is -2.04. The summed E-state index contributed by atoms with van der Waals surface area (Å²) >= 11 is 0. The third kappa shape index (κ3) is 7.29. The average Bonchev–Trinajstić information content (AvgIpc) is 3.56. The first-order valence-electron chi connectivity index (χ1n) is 12.6. The fourth-order valence-corrected chi connectivity index (χ4v) is 4.08. The van der Waals surface area contributed by atoms with Gasteiger partial charge in [-0.1, -0.05) is 48.5 Å². The van der Waals surface area contributed by atoms with E-state index in [4.69, 9.17) is 9.84 Å². The molecule has 4 aromatic rings. The van der Waals surface area contributed by atoms with Gasteiger partial charge in [0.15, 0.2) is 0 Å². The summed E-state index contributed by atoms with van der Waals surface area (Å²) < 4.78 is 7.91. The maximum Gasteiger partial charge on any atom is 0.326 e. The second-order valence-electron chi connectivity index (χ2n) is 9.65. The zero-order chi connectivity index (χ0) is 27.8. The maximum atomic E-state index is 12.8. The summed E-state index contributed by atoms with van der Waals surface area (Å²) in [5, 5.41) is 20.3. The van der Waals surface area contributed by atoms with Crippen molar-refractivity contribution in [2.24, 2.45) is 0 Å². The number of benzene rings is 2. The standard InChI is InChI=1S/C28H32N6O5/c1-28(2,27(38)30-13-12-25(35)32-22(26(36)37)14-20-15-29-18-31-20)39-17-23-21-10-6-7-11-24(21)34(33-23)16-19-8-4-3-5-9-19/h3-11,15,18,22H,12-14,16-17H2,1-2H3,(H,29,31)(H,30,38)(H,32,35)(H,36,37). The molecule has 0 fully saturated rings. The zero-order valence-electron chi connectivity index (χ0n) is 21.9. The van der Waals surface area contributed by atoms with E-state index in [2.05, 4.69) is 20.6 Å². The van der Waals surface area contributed by atoms with Crippen LogP contribution in [0.25, 0.3) is 10.9 Å². The van der Waals surface area contributed by atoms with E-state index in [0.29, 0.717) is 12.2 Å². The van der Waals surface area contributed by atoms with Crippen molar-refractivity contribution in [3.63, 3.8) is 0 Å². The Hall–Kier alpha value is -4.51. The van der Waals surface area contributed by atoms with Gasteiger partial charge in [0.25, 0.3) is 5.91 Å². The summed E-state index contributed by atoms with van der Waals surface area (Å²) in [6, 6.07) is 16.8. The molecule has 0 radical (unpaired) electrons. The summed E-state index contributed by atoms with van der Waals surface area (Å²) in [5.41, 5.74) is 2.22. The van der Waals surface area contributed by atoms with Crippen molar-refractivity contribution in [3.05, 3.63) is 84.1 Å². The van der Waals surface area contributed by atoms with Crippen LogP contribution < -0.4 is 10.6 Å². The number of para-hydroxylation sites is 1. The number of hydrogen-bond acceptors (Lipinski definition) is 6. The second kappa shape index (κ2) is 12.4. The minimum Gasteiger partial charge on any atom is -0.480 e. The van der Waals surface area contributed by atoms with Gasteiger partial charge < -0.3 is 25.5 Å². The van der Waals surface area contributed by atoms with Gasteiger partial charge in [-0.3, -0.25) is 14.3 Å². The van der Waals surface area contributed by atoms with Gasteiger partial charge in [0, 0.05) is 36.7 Å². The Kier molecular flexibility index (Phi) is 8.72. The van der Waals surface area contributed by atoms with E-state index < -0.39 is 29.4 Å². The molecule has 2 aromatic carbocycles. The first kappa shape index (κ1) is 27.5. The number of H-pyrrole nitrogens is 1. The van der Waals surface area contributed by atoms with Crippen molar-refractivity contribution < 1.29 is 24.2 Å². The number of rotatable bonds is 13.